The Balaban J connectivity index is 1.97. The van der Waals surface area contributed by atoms with Crippen LogP contribution in [0, 0.1) is 0 Å². The zero-order chi connectivity index (χ0) is 9.97. The number of carbonyl (C=O) groups is 1. The van der Waals surface area contributed by atoms with Gasteiger partial charge in [-0.25, -0.2) is 0 Å². The van der Waals surface area contributed by atoms with Gasteiger partial charge < -0.3 is 5.32 Å². The summed E-state index contributed by atoms with van der Waals surface area (Å²) in [5.74, 6) is 0.362. The molecule has 0 spiro atoms. The van der Waals surface area contributed by atoms with Crippen molar-refractivity contribution < 1.29 is 4.79 Å². The van der Waals surface area contributed by atoms with Crippen LogP contribution in [0.2, 0.25) is 0 Å². The molecule has 3 heteroatoms. The van der Waals surface area contributed by atoms with Gasteiger partial charge in [0, 0.05) is 6.04 Å². The summed E-state index contributed by atoms with van der Waals surface area (Å²) in [7, 11) is 0. The second-order valence-corrected chi connectivity index (χ2v) is 4.49. The molecule has 80 valence electrons. The van der Waals surface area contributed by atoms with Crippen molar-refractivity contribution in [3.63, 3.8) is 0 Å². The summed E-state index contributed by atoms with van der Waals surface area (Å²) in [6.45, 7) is 5.11. The minimum Gasteiger partial charge on any atom is -0.317 e. The van der Waals surface area contributed by atoms with Crippen molar-refractivity contribution in [3.8, 4) is 0 Å². The SMILES string of the molecule is CC(=O)[C@H]1CCCN1C1CCNCC1. The molecule has 2 aliphatic heterocycles. The van der Waals surface area contributed by atoms with E-state index in [9.17, 15) is 4.79 Å². The molecule has 2 fully saturated rings. The molecular formula is C11H20N2O. The van der Waals surface area contributed by atoms with Crippen LogP contribution in [0.15, 0.2) is 0 Å². The highest BCUT2D eigenvalue weighted by atomic mass is 16.1. The molecule has 0 aromatic carbocycles. The average Bonchev–Trinajstić information content (AvgIpc) is 2.67. The Kier molecular flexibility index (Phi) is 3.19. The lowest BCUT2D eigenvalue weighted by Gasteiger charge is -2.34. The molecule has 0 radical (unpaired) electrons. The van der Waals surface area contributed by atoms with Gasteiger partial charge in [-0.3, -0.25) is 9.69 Å². The topological polar surface area (TPSA) is 32.3 Å². The lowest BCUT2D eigenvalue weighted by Crippen LogP contribution is -2.47. The number of hydrogen-bond acceptors (Lipinski definition) is 3. The number of hydrogen-bond donors (Lipinski definition) is 1. The first kappa shape index (κ1) is 10.1. The van der Waals surface area contributed by atoms with Crippen molar-refractivity contribution >= 4 is 5.78 Å². The maximum Gasteiger partial charge on any atom is 0.146 e. The molecule has 2 rings (SSSR count). The number of ketones is 1. The summed E-state index contributed by atoms with van der Waals surface area (Å²) >= 11 is 0. The summed E-state index contributed by atoms with van der Waals surface area (Å²) in [6, 6.07) is 0.894. The Hall–Kier alpha value is -0.410. The van der Waals surface area contributed by atoms with Crippen molar-refractivity contribution in [2.75, 3.05) is 19.6 Å². The van der Waals surface area contributed by atoms with E-state index in [1.54, 1.807) is 6.92 Å². The van der Waals surface area contributed by atoms with Crippen molar-refractivity contribution in [3.05, 3.63) is 0 Å². The van der Waals surface area contributed by atoms with E-state index in [2.05, 4.69) is 10.2 Å². The fraction of sp³-hybridized carbons (Fsp3) is 0.909. The van der Waals surface area contributed by atoms with Crippen LogP contribution in [-0.4, -0.2) is 42.4 Å². The van der Waals surface area contributed by atoms with E-state index >= 15 is 0 Å². The third-order valence-corrected chi connectivity index (χ3v) is 3.54. The van der Waals surface area contributed by atoms with Crippen LogP contribution in [0.1, 0.15) is 32.6 Å². The van der Waals surface area contributed by atoms with Crippen molar-refractivity contribution in [2.45, 2.75) is 44.7 Å². The highest BCUT2D eigenvalue weighted by Crippen LogP contribution is 2.24. The van der Waals surface area contributed by atoms with Gasteiger partial charge in [-0.15, -0.1) is 0 Å². The summed E-state index contributed by atoms with van der Waals surface area (Å²) < 4.78 is 0. The molecule has 0 saturated carbocycles. The standard InChI is InChI=1S/C11H20N2O/c1-9(14)11-3-2-8-13(11)10-4-6-12-7-5-10/h10-12H,2-8H2,1H3/t11-/m1/s1. The van der Waals surface area contributed by atoms with Crippen LogP contribution in [0.25, 0.3) is 0 Å². The molecule has 2 heterocycles. The minimum absolute atomic E-state index is 0.234. The molecule has 2 aliphatic rings. The summed E-state index contributed by atoms with van der Waals surface area (Å²) in [6.07, 6.45) is 4.71. The molecule has 0 bridgehead atoms. The van der Waals surface area contributed by atoms with Gasteiger partial charge in [0.05, 0.1) is 6.04 Å². The van der Waals surface area contributed by atoms with Crippen LogP contribution < -0.4 is 5.32 Å². The lowest BCUT2D eigenvalue weighted by molar-refractivity contribution is -0.122. The quantitative estimate of drug-likeness (QED) is 0.709. The van der Waals surface area contributed by atoms with Gasteiger partial charge in [0.15, 0.2) is 0 Å². The number of nitrogens with one attached hydrogen (secondary N) is 1. The van der Waals surface area contributed by atoms with Crippen LogP contribution >= 0.6 is 0 Å². The van der Waals surface area contributed by atoms with E-state index in [1.807, 2.05) is 0 Å². The first-order valence-corrected chi connectivity index (χ1v) is 5.76. The van der Waals surface area contributed by atoms with Gasteiger partial charge in [-0.1, -0.05) is 0 Å². The lowest BCUT2D eigenvalue weighted by atomic mass is 10.0. The normalized spacial score (nSPS) is 30.8. The molecule has 14 heavy (non-hydrogen) atoms. The van der Waals surface area contributed by atoms with E-state index in [0.717, 1.165) is 26.1 Å². The Labute approximate surface area is 85.8 Å². The fourth-order valence-electron chi connectivity index (χ4n) is 2.80. The largest absolute Gasteiger partial charge is 0.317 e. The average molecular weight is 196 g/mol. The first-order valence-electron chi connectivity index (χ1n) is 5.76. The molecule has 0 aliphatic carbocycles. The second-order valence-electron chi connectivity index (χ2n) is 4.49. The monoisotopic (exact) mass is 196 g/mol. The first-order chi connectivity index (χ1) is 6.79. The zero-order valence-electron chi connectivity index (χ0n) is 8.96. The van der Waals surface area contributed by atoms with Crippen LogP contribution in [-0.2, 0) is 4.79 Å². The molecule has 0 unspecified atom stereocenters. The third-order valence-electron chi connectivity index (χ3n) is 3.54. The van der Waals surface area contributed by atoms with Gasteiger partial charge in [-0.2, -0.15) is 0 Å². The van der Waals surface area contributed by atoms with Crippen LogP contribution in [0.5, 0.6) is 0 Å². The maximum absolute atomic E-state index is 11.4. The van der Waals surface area contributed by atoms with E-state index in [1.165, 1.54) is 19.3 Å². The molecule has 2 saturated heterocycles. The Morgan fingerprint density at radius 3 is 2.64 bits per heavy atom. The van der Waals surface area contributed by atoms with Gasteiger partial charge in [0.2, 0.25) is 0 Å². The Bertz CT molecular complexity index is 211. The second kappa shape index (κ2) is 4.41. The number of piperidine rings is 1. The predicted molar refractivity (Wildman–Crippen MR) is 56.3 cm³/mol. The molecule has 3 nitrogen and oxygen atoms in total. The Morgan fingerprint density at radius 2 is 2.00 bits per heavy atom. The number of likely N-dealkylation sites (tertiary alicyclic amines) is 1. The molecule has 0 aromatic rings. The minimum atomic E-state index is 0.234. The highest BCUT2D eigenvalue weighted by Gasteiger charge is 2.33. The van der Waals surface area contributed by atoms with Gasteiger partial charge in [-0.05, 0) is 52.2 Å². The van der Waals surface area contributed by atoms with E-state index in [4.69, 9.17) is 0 Å². The van der Waals surface area contributed by atoms with Gasteiger partial charge in [0.1, 0.15) is 5.78 Å². The zero-order valence-corrected chi connectivity index (χ0v) is 8.96. The van der Waals surface area contributed by atoms with Crippen LogP contribution in [0.3, 0.4) is 0 Å². The maximum atomic E-state index is 11.4. The number of Topliss-reactive ketones (excluding diaryl/α,β-unsaturated/α-hetero) is 1. The summed E-state index contributed by atoms with van der Waals surface area (Å²) in [5.41, 5.74) is 0. The molecule has 0 aromatic heterocycles. The molecule has 1 N–H and O–H groups in total. The predicted octanol–water partition coefficient (Wildman–Crippen LogP) is 0.792. The Morgan fingerprint density at radius 1 is 1.29 bits per heavy atom. The smallest absolute Gasteiger partial charge is 0.146 e. The highest BCUT2D eigenvalue weighted by molar-refractivity contribution is 5.81. The number of rotatable bonds is 2. The van der Waals surface area contributed by atoms with E-state index in [-0.39, 0.29) is 6.04 Å². The molecule has 1 atom stereocenters. The van der Waals surface area contributed by atoms with Crippen molar-refractivity contribution in [1.82, 2.24) is 10.2 Å². The molecular weight excluding hydrogens is 176 g/mol. The number of carbonyl (C=O) groups excluding carboxylic acids is 1. The van der Waals surface area contributed by atoms with E-state index < -0.39 is 0 Å². The van der Waals surface area contributed by atoms with Crippen LogP contribution in [0.4, 0.5) is 0 Å². The molecule has 0 amide bonds. The van der Waals surface area contributed by atoms with Gasteiger partial charge in [0.25, 0.3) is 0 Å². The summed E-state index contributed by atoms with van der Waals surface area (Å²) in [4.78, 5) is 13.9. The van der Waals surface area contributed by atoms with E-state index in [0.29, 0.717) is 11.8 Å². The number of nitrogens with zero attached hydrogens (tertiary/aromatic N) is 1. The van der Waals surface area contributed by atoms with Gasteiger partial charge >= 0.3 is 0 Å². The van der Waals surface area contributed by atoms with Crippen molar-refractivity contribution in [1.29, 1.82) is 0 Å². The third kappa shape index (κ3) is 1.98. The van der Waals surface area contributed by atoms with Crippen molar-refractivity contribution in [2.24, 2.45) is 0 Å². The fourth-order valence-corrected chi connectivity index (χ4v) is 2.80. The summed E-state index contributed by atoms with van der Waals surface area (Å²) in [5, 5.41) is 3.37.